The van der Waals surface area contributed by atoms with E-state index < -0.39 is 0 Å². The number of amidine groups is 1. The number of thioether (sulfide) groups is 1. The van der Waals surface area contributed by atoms with Gasteiger partial charge in [0.25, 0.3) is 0 Å². The first-order valence-corrected chi connectivity index (χ1v) is 7.24. The smallest absolute Gasteiger partial charge is 0.157 e. The summed E-state index contributed by atoms with van der Waals surface area (Å²) in [5.41, 5.74) is 1.04. The molecule has 0 spiro atoms. The molecule has 2 heterocycles. The summed E-state index contributed by atoms with van der Waals surface area (Å²) in [6.45, 7) is 0.688. The summed E-state index contributed by atoms with van der Waals surface area (Å²) in [5.74, 6) is 2.10. The summed E-state index contributed by atoms with van der Waals surface area (Å²) in [7, 11) is 0. The monoisotopic (exact) mass is 247 g/mol. The van der Waals surface area contributed by atoms with Crippen LogP contribution in [0.15, 0.2) is 29.4 Å². The quantitative estimate of drug-likeness (QED) is 0.872. The van der Waals surface area contributed by atoms with Gasteiger partial charge in [0, 0.05) is 18.0 Å². The van der Waals surface area contributed by atoms with E-state index in [1.54, 1.807) is 0 Å². The van der Waals surface area contributed by atoms with Crippen LogP contribution in [0.5, 0.6) is 0 Å². The van der Waals surface area contributed by atoms with Gasteiger partial charge >= 0.3 is 0 Å². The summed E-state index contributed by atoms with van der Waals surface area (Å²) in [5, 5.41) is 4.68. The van der Waals surface area contributed by atoms with Crippen LogP contribution in [0.1, 0.15) is 25.0 Å². The number of rotatable bonds is 2. The molecule has 2 aliphatic rings. The number of nitrogens with zero attached hydrogens (tertiary/aromatic N) is 2. The molecule has 0 amide bonds. The highest BCUT2D eigenvalue weighted by atomic mass is 32.2. The van der Waals surface area contributed by atoms with E-state index in [1.807, 2.05) is 36.2 Å². The first-order chi connectivity index (χ1) is 8.42. The van der Waals surface area contributed by atoms with E-state index >= 15 is 0 Å². The van der Waals surface area contributed by atoms with E-state index in [9.17, 15) is 0 Å². The Morgan fingerprint density at radius 3 is 3.29 bits per heavy atom. The van der Waals surface area contributed by atoms with E-state index in [2.05, 4.69) is 15.3 Å². The molecule has 2 atom stereocenters. The standard InChI is InChI=1S/C13H17N3S/c1-2-7-14-11(5-1)8-15-13-16-12-6-3-4-10(12)9-17-13/h1-2,5,7,10,12H,3-4,6,8-9H2,(H,15,16). The largest absolute Gasteiger partial charge is 0.362 e. The van der Waals surface area contributed by atoms with Crippen molar-refractivity contribution in [1.82, 2.24) is 10.3 Å². The maximum absolute atomic E-state index is 4.62. The van der Waals surface area contributed by atoms with Crippen molar-refractivity contribution >= 4 is 16.9 Å². The second-order valence-electron chi connectivity index (χ2n) is 4.70. The third-order valence-electron chi connectivity index (χ3n) is 3.51. The molecule has 4 heteroatoms. The van der Waals surface area contributed by atoms with Gasteiger partial charge in [-0.25, -0.2) is 0 Å². The minimum atomic E-state index is 0.679. The van der Waals surface area contributed by atoms with Gasteiger partial charge in [0.2, 0.25) is 0 Å². The van der Waals surface area contributed by atoms with Crippen molar-refractivity contribution in [2.24, 2.45) is 10.9 Å². The highest BCUT2D eigenvalue weighted by Crippen LogP contribution is 2.32. The Bertz CT molecular complexity index is 404. The molecule has 90 valence electrons. The molecule has 17 heavy (non-hydrogen) atoms. The fourth-order valence-electron chi connectivity index (χ4n) is 2.55. The van der Waals surface area contributed by atoms with Crippen molar-refractivity contribution in [3.05, 3.63) is 30.1 Å². The van der Waals surface area contributed by atoms with Gasteiger partial charge in [-0.15, -0.1) is 0 Å². The third kappa shape index (κ3) is 2.63. The maximum atomic E-state index is 4.62. The average molecular weight is 247 g/mol. The third-order valence-corrected chi connectivity index (χ3v) is 4.63. The predicted molar refractivity (Wildman–Crippen MR) is 72.1 cm³/mol. The van der Waals surface area contributed by atoms with Crippen molar-refractivity contribution in [2.45, 2.75) is 31.8 Å². The summed E-state index contributed by atoms with van der Waals surface area (Å²) in [6.07, 6.45) is 5.90. The van der Waals surface area contributed by atoms with E-state index in [4.69, 9.17) is 0 Å². The molecule has 1 aliphatic heterocycles. The zero-order valence-corrected chi connectivity index (χ0v) is 10.6. The number of aliphatic imine (C=N–C) groups is 1. The normalized spacial score (nSPS) is 30.0. The molecule has 2 unspecified atom stereocenters. The van der Waals surface area contributed by atoms with Crippen molar-refractivity contribution in [1.29, 1.82) is 0 Å². The summed E-state index contributed by atoms with van der Waals surface area (Å²) >= 11 is 1.87. The number of pyridine rings is 1. The van der Waals surface area contributed by atoms with Crippen LogP contribution >= 0.6 is 11.8 Å². The van der Waals surface area contributed by atoms with Crippen LogP contribution in [0.2, 0.25) is 0 Å². The summed E-state index contributed by atoms with van der Waals surface area (Å²) < 4.78 is 0. The molecule has 1 aliphatic carbocycles. The van der Waals surface area contributed by atoms with Crippen molar-refractivity contribution in [2.75, 3.05) is 5.75 Å². The molecule has 1 aromatic rings. The molecule has 0 bridgehead atoms. The van der Waals surface area contributed by atoms with Gasteiger partial charge in [-0.05, 0) is 30.9 Å². The van der Waals surface area contributed by atoms with Crippen LogP contribution < -0.4 is 5.32 Å². The van der Waals surface area contributed by atoms with E-state index in [-0.39, 0.29) is 0 Å². The van der Waals surface area contributed by atoms with E-state index in [0.717, 1.165) is 16.8 Å². The molecule has 0 aromatic carbocycles. The van der Waals surface area contributed by atoms with E-state index in [1.165, 1.54) is 25.0 Å². The Kier molecular flexibility index (Phi) is 3.31. The molecular formula is C13H17N3S. The Labute approximate surface area is 106 Å². The van der Waals surface area contributed by atoms with Gasteiger partial charge in [0.05, 0.1) is 12.2 Å². The molecule has 1 aromatic heterocycles. The fourth-order valence-corrected chi connectivity index (χ4v) is 3.71. The minimum Gasteiger partial charge on any atom is -0.362 e. The number of aromatic nitrogens is 1. The van der Waals surface area contributed by atoms with Crippen LogP contribution in [0.25, 0.3) is 0 Å². The molecule has 2 fully saturated rings. The Morgan fingerprint density at radius 2 is 2.41 bits per heavy atom. The lowest BCUT2D eigenvalue weighted by molar-refractivity contribution is 0.489. The van der Waals surface area contributed by atoms with Crippen molar-refractivity contribution in [3.63, 3.8) is 0 Å². The molecule has 1 N–H and O–H groups in total. The van der Waals surface area contributed by atoms with Crippen molar-refractivity contribution < 1.29 is 0 Å². The highest BCUT2D eigenvalue weighted by Gasteiger charge is 2.31. The number of hydrogen-bond acceptors (Lipinski definition) is 3. The van der Waals surface area contributed by atoms with Crippen LogP contribution in [0, 0.1) is 5.92 Å². The second kappa shape index (κ2) is 5.08. The molecule has 3 nitrogen and oxygen atoms in total. The Hall–Kier alpha value is -1.03. The van der Waals surface area contributed by atoms with Gasteiger partial charge in [0.1, 0.15) is 0 Å². The molecule has 0 radical (unpaired) electrons. The maximum Gasteiger partial charge on any atom is 0.157 e. The first-order valence-electron chi connectivity index (χ1n) is 6.25. The van der Waals surface area contributed by atoms with Crippen molar-refractivity contribution in [3.8, 4) is 0 Å². The molecule has 1 saturated carbocycles. The second-order valence-corrected chi connectivity index (χ2v) is 5.70. The van der Waals surface area contributed by atoms with Crippen LogP contribution in [0.3, 0.4) is 0 Å². The summed E-state index contributed by atoms with van der Waals surface area (Å²) in [6, 6.07) is 6.65. The van der Waals surface area contributed by atoms with E-state index in [0.29, 0.717) is 12.6 Å². The molecule has 3 rings (SSSR count). The zero-order valence-electron chi connectivity index (χ0n) is 9.80. The van der Waals surface area contributed by atoms with Crippen LogP contribution in [-0.4, -0.2) is 21.9 Å². The van der Waals surface area contributed by atoms with Gasteiger partial charge in [-0.3, -0.25) is 9.98 Å². The van der Waals surface area contributed by atoms with Gasteiger partial charge in [-0.1, -0.05) is 24.2 Å². The predicted octanol–water partition coefficient (Wildman–Crippen LogP) is 2.44. The highest BCUT2D eigenvalue weighted by molar-refractivity contribution is 8.13. The number of hydrogen-bond donors (Lipinski definition) is 1. The Balaban J connectivity index is 1.61. The first kappa shape index (κ1) is 11.1. The van der Waals surface area contributed by atoms with Crippen LogP contribution in [0.4, 0.5) is 0 Å². The lowest BCUT2D eigenvalue weighted by atomic mass is 10.1. The minimum absolute atomic E-state index is 0.679. The van der Waals surface area contributed by atoms with Gasteiger partial charge in [-0.2, -0.15) is 0 Å². The summed E-state index contributed by atoms with van der Waals surface area (Å²) in [4.78, 5) is 8.91. The van der Waals surface area contributed by atoms with Gasteiger partial charge < -0.3 is 5.32 Å². The Morgan fingerprint density at radius 1 is 1.41 bits per heavy atom. The lowest BCUT2D eigenvalue weighted by Crippen LogP contribution is -2.41. The molecular weight excluding hydrogens is 230 g/mol. The SMILES string of the molecule is c1ccc(CN=C2NC3CCCC3CS2)nc1. The number of nitrogens with one attached hydrogen (secondary N) is 1. The van der Waals surface area contributed by atoms with Gasteiger partial charge in [0.15, 0.2) is 5.17 Å². The average Bonchev–Trinajstić information content (AvgIpc) is 2.85. The lowest BCUT2D eigenvalue weighted by Gasteiger charge is -2.27. The molecule has 1 saturated heterocycles. The van der Waals surface area contributed by atoms with Crippen LogP contribution in [-0.2, 0) is 6.54 Å². The number of fused-ring (bicyclic) bond motifs is 1. The fraction of sp³-hybridized carbons (Fsp3) is 0.538. The zero-order chi connectivity index (χ0) is 11.5. The topological polar surface area (TPSA) is 37.3 Å².